The van der Waals surface area contributed by atoms with E-state index in [0.717, 1.165) is 64.1 Å². The van der Waals surface area contributed by atoms with E-state index in [-0.39, 0.29) is 11.9 Å². The van der Waals surface area contributed by atoms with Crippen LogP contribution in [0.15, 0.2) is 4.99 Å². The van der Waals surface area contributed by atoms with Crippen molar-refractivity contribution in [2.75, 3.05) is 45.9 Å². The van der Waals surface area contributed by atoms with E-state index >= 15 is 0 Å². The zero-order chi connectivity index (χ0) is 17.4. The first-order chi connectivity index (χ1) is 11.7. The van der Waals surface area contributed by atoms with Crippen LogP contribution < -0.4 is 5.32 Å². The fraction of sp³-hybridized carbons (Fsp3) is 0.889. The third kappa shape index (κ3) is 5.65. The third-order valence-electron chi connectivity index (χ3n) is 4.87. The molecule has 0 aromatic rings. The van der Waals surface area contributed by atoms with E-state index in [0.29, 0.717) is 6.61 Å². The Morgan fingerprint density at radius 2 is 1.92 bits per heavy atom. The van der Waals surface area contributed by atoms with Gasteiger partial charge in [0.1, 0.15) is 0 Å². The van der Waals surface area contributed by atoms with Gasteiger partial charge < -0.3 is 15.0 Å². The topological polar surface area (TPSA) is 57.2 Å². The highest BCUT2D eigenvalue weighted by molar-refractivity contribution is 5.80. The van der Waals surface area contributed by atoms with Crippen molar-refractivity contribution in [1.29, 1.82) is 0 Å². The molecule has 1 heterocycles. The molecule has 1 aliphatic carbocycles. The number of likely N-dealkylation sites (N-methyl/N-ethyl adjacent to an activating group) is 1. The average molecular weight is 338 g/mol. The average Bonchev–Trinajstić information content (AvgIpc) is 3.43. The van der Waals surface area contributed by atoms with Gasteiger partial charge in [-0.15, -0.1) is 0 Å². The number of nitrogens with zero attached hydrogens (tertiary/aromatic N) is 3. The molecule has 6 heteroatoms. The number of nitrogens with one attached hydrogen (secondary N) is 1. The molecule has 0 radical (unpaired) electrons. The smallest absolute Gasteiger partial charge is 0.309 e. The van der Waals surface area contributed by atoms with Gasteiger partial charge in [0, 0.05) is 32.2 Å². The van der Waals surface area contributed by atoms with Gasteiger partial charge in [-0.2, -0.15) is 0 Å². The lowest BCUT2D eigenvalue weighted by Gasteiger charge is -2.33. The minimum atomic E-state index is -0.0397. The maximum Gasteiger partial charge on any atom is 0.309 e. The summed E-state index contributed by atoms with van der Waals surface area (Å²) in [6, 6.07) is 0.799. The molecule has 6 nitrogen and oxygen atoms in total. The van der Waals surface area contributed by atoms with Crippen molar-refractivity contribution in [3.05, 3.63) is 0 Å². The van der Waals surface area contributed by atoms with Crippen LogP contribution in [0.5, 0.6) is 0 Å². The molecule has 1 saturated heterocycles. The van der Waals surface area contributed by atoms with E-state index in [2.05, 4.69) is 29.0 Å². The first-order valence-electron chi connectivity index (χ1n) is 9.63. The Morgan fingerprint density at radius 1 is 1.21 bits per heavy atom. The van der Waals surface area contributed by atoms with E-state index < -0.39 is 0 Å². The summed E-state index contributed by atoms with van der Waals surface area (Å²) in [6.07, 6.45) is 4.40. The Hall–Kier alpha value is -1.30. The molecular formula is C18H34N4O2. The van der Waals surface area contributed by atoms with Gasteiger partial charge in [0.2, 0.25) is 0 Å². The second kappa shape index (κ2) is 9.87. The Balaban J connectivity index is 1.81. The van der Waals surface area contributed by atoms with Crippen LogP contribution in [-0.4, -0.2) is 73.6 Å². The molecule has 1 saturated carbocycles. The minimum Gasteiger partial charge on any atom is -0.466 e. The van der Waals surface area contributed by atoms with E-state index in [1.54, 1.807) is 0 Å². The largest absolute Gasteiger partial charge is 0.466 e. The number of likely N-dealkylation sites (tertiary alicyclic amines) is 1. The summed E-state index contributed by atoms with van der Waals surface area (Å²) in [5.41, 5.74) is 0. The van der Waals surface area contributed by atoms with Gasteiger partial charge in [0.15, 0.2) is 5.96 Å². The SMILES string of the molecule is CCNC(=NCCN(CC)C1CC1)N1CCC(C(=O)OCC)CC1. The van der Waals surface area contributed by atoms with Crippen molar-refractivity contribution in [2.24, 2.45) is 10.9 Å². The number of aliphatic imine (C=N–C) groups is 1. The van der Waals surface area contributed by atoms with Gasteiger partial charge >= 0.3 is 5.97 Å². The third-order valence-corrected chi connectivity index (χ3v) is 4.87. The zero-order valence-corrected chi connectivity index (χ0v) is 15.6. The van der Waals surface area contributed by atoms with Crippen LogP contribution >= 0.6 is 0 Å². The number of carbonyl (C=O) groups is 1. The summed E-state index contributed by atoms with van der Waals surface area (Å²) >= 11 is 0. The molecule has 138 valence electrons. The molecule has 0 bridgehead atoms. The van der Waals surface area contributed by atoms with Gasteiger partial charge in [-0.1, -0.05) is 6.92 Å². The van der Waals surface area contributed by atoms with Gasteiger partial charge in [-0.05, 0) is 46.1 Å². The van der Waals surface area contributed by atoms with E-state index in [4.69, 9.17) is 9.73 Å². The number of hydrogen-bond acceptors (Lipinski definition) is 4. The van der Waals surface area contributed by atoms with Crippen LogP contribution in [0, 0.1) is 5.92 Å². The Kier molecular flexibility index (Phi) is 7.82. The van der Waals surface area contributed by atoms with Crippen molar-refractivity contribution in [3.63, 3.8) is 0 Å². The zero-order valence-electron chi connectivity index (χ0n) is 15.6. The number of carbonyl (C=O) groups excluding carboxylic acids is 1. The summed E-state index contributed by atoms with van der Waals surface area (Å²) in [5.74, 6) is 1.00. The summed E-state index contributed by atoms with van der Waals surface area (Å²) in [4.78, 5) is 21.5. The lowest BCUT2D eigenvalue weighted by atomic mass is 9.97. The molecular weight excluding hydrogens is 304 g/mol. The summed E-state index contributed by atoms with van der Waals surface area (Å²) in [5, 5.41) is 3.40. The maximum atomic E-state index is 11.9. The van der Waals surface area contributed by atoms with Crippen LogP contribution in [0.2, 0.25) is 0 Å². The molecule has 0 atom stereocenters. The number of ether oxygens (including phenoxy) is 1. The van der Waals surface area contributed by atoms with E-state index in [9.17, 15) is 4.79 Å². The first-order valence-corrected chi connectivity index (χ1v) is 9.63. The number of piperidine rings is 1. The minimum absolute atomic E-state index is 0.0397. The van der Waals surface area contributed by atoms with Gasteiger partial charge in [-0.3, -0.25) is 14.7 Å². The Morgan fingerprint density at radius 3 is 2.46 bits per heavy atom. The number of guanidine groups is 1. The highest BCUT2D eigenvalue weighted by Crippen LogP contribution is 2.26. The van der Waals surface area contributed by atoms with Crippen LogP contribution in [0.4, 0.5) is 0 Å². The highest BCUT2D eigenvalue weighted by atomic mass is 16.5. The van der Waals surface area contributed by atoms with Crippen molar-refractivity contribution >= 4 is 11.9 Å². The van der Waals surface area contributed by atoms with E-state index in [1.165, 1.54) is 12.8 Å². The van der Waals surface area contributed by atoms with E-state index in [1.807, 2.05) is 6.92 Å². The predicted octanol–water partition coefficient (Wildman–Crippen LogP) is 1.71. The molecule has 2 aliphatic rings. The van der Waals surface area contributed by atoms with Gasteiger partial charge in [0.05, 0.1) is 19.1 Å². The van der Waals surface area contributed by atoms with Crippen molar-refractivity contribution < 1.29 is 9.53 Å². The van der Waals surface area contributed by atoms with Crippen molar-refractivity contribution in [2.45, 2.75) is 52.5 Å². The fourth-order valence-corrected chi connectivity index (χ4v) is 3.34. The monoisotopic (exact) mass is 338 g/mol. The fourth-order valence-electron chi connectivity index (χ4n) is 3.34. The number of hydrogen-bond donors (Lipinski definition) is 1. The van der Waals surface area contributed by atoms with Crippen LogP contribution in [0.25, 0.3) is 0 Å². The molecule has 0 aromatic carbocycles. The molecule has 1 N–H and O–H groups in total. The highest BCUT2D eigenvalue weighted by Gasteiger charge is 2.28. The predicted molar refractivity (Wildman–Crippen MR) is 97.2 cm³/mol. The van der Waals surface area contributed by atoms with Gasteiger partial charge in [-0.25, -0.2) is 0 Å². The lowest BCUT2D eigenvalue weighted by Crippen LogP contribution is -2.47. The molecule has 0 amide bonds. The van der Waals surface area contributed by atoms with Crippen molar-refractivity contribution in [1.82, 2.24) is 15.1 Å². The van der Waals surface area contributed by atoms with Gasteiger partial charge in [0.25, 0.3) is 0 Å². The molecule has 0 unspecified atom stereocenters. The van der Waals surface area contributed by atoms with Crippen molar-refractivity contribution in [3.8, 4) is 0 Å². The number of esters is 1. The standard InChI is InChI=1S/C18H34N4O2/c1-4-19-18(20-11-14-21(5-2)16-7-8-16)22-12-9-15(10-13-22)17(23)24-6-3/h15-16H,4-14H2,1-3H3,(H,19,20). The van der Waals surface area contributed by atoms with Crippen LogP contribution in [0.3, 0.4) is 0 Å². The normalized spacial score (nSPS) is 19.7. The maximum absolute atomic E-state index is 11.9. The summed E-state index contributed by atoms with van der Waals surface area (Å²) < 4.78 is 5.15. The summed E-state index contributed by atoms with van der Waals surface area (Å²) in [6.45, 7) is 12.3. The second-order valence-electron chi connectivity index (χ2n) is 6.61. The quantitative estimate of drug-likeness (QED) is 0.415. The molecule has 0 aromatic heterocycles. The number of rotatable bonds is 8. The first kappa shape index (κ1) is 19.0. The van der Waals surface area contributed by atoms with Crippen LogP contribution in [-0.2, 0) is 9.53 Å². The molecule has 24 heavy (non-hydrogen) atoms. The molecule has 2 fully saturated rings. The summed E-state index contributed by atoms with van der Waals surface area (Å²) in [7, 11) is 0. The van der Waals surface area contributed by atoms with Crippen LogP contribution in [0.1, 0.15) is 46.5 Å². The molecule has 1 aliphatic heterocycles. The Labute approximate surface area is 146 Å². The molecule has 2 rings (SSSR count). The molecule has 0 spiro atoms. The lowest BCUT2D eigenvalue weighted by molar-refractivity contribution is -0.149. The Bertz CT molecular complexity index is 415. The second-order valence-corrected chi connectivity index (χ2v) is 6.61.